The fourth-order valence-electron chi connectivity index (χ4n) is 2.30. The summed E-state index contributed by atoms with van der Waals surface area (Å²) in [7, 11) is 0. The summed E-state index contributed by atoms with van der Waals surface area (Å²) >= 11 is 0. The quantitative estimate of drug-likeness (QED) is 0.345. The molecular formula is C23H49NO3. The van der Waals surface area contributed by atoms with Gasteiger partial charge < -0.3 is 0 Å². The lowest BCUT2D eigenvalue weighted by Gasteiger charge is -2.14. The molecule has 0 spiro atoms. The van der Waals surface area contributed by atoms with Crippen LogP contribution < -0.4 is 0 Å². The number of nitrogens with zero attached hydrogens (tertiary/aromatic N) is 1. The Bertz CT molecular complexity index is 354. The molecule has 1 aliphatic heterocycles. The Labute approximate surface area is 170 Å². The fourth-order valence-corrected chi connectivity index (χ4v) is 2.30. The van der Waals surface area contributed by atoms with Crippen molar-refractivity contribution in [3.63, 3.8) is 0 Å². The highest BCUT2D eigenvalue weighted by molar-refractivity contribution is 6.03. The lowest BCUT2D eigenvalue weighted by atomic mass is 9.99. The lowest BCUT2D eigenvalue weighted by Crippen LogP contribution is -2.31. The molecule has 4 heteroatoms. The average molecular weight is 388 g/mol. The van der Waals surface area contributed by atoms with Gasteiger partial charge in [-0.3, -0.25) is 19.3 Å². The van der Waals surface area contributed by atoms with Crippen LogP contribution in [0.3, 0.4) is 0 Å². The highest BCUT2D eigenvalue weighted by Crippen LogP contribution is 2.19. The van der Waals surface area contributed by atoms with E-state index in [0.29, 0.717) is 25.2 Å². The molecule has 0 aromatic carbocycles. The number of hydrogen-bond donors (Lipinski definition) is 0. The molecule has 4 nitrogen and oxygen atoms in total. The Morgan fingerprint density at radius 2 is 1.44 bits per heavy atom. The molecule has 0 radical (unpaired) electrons. The first kappa shape index (κ1) is 33.4. The predicted octanol–water partition coefficient (Wildman–Crippen LogP) is 6.66. The number of likely N-dealkylation sites (tertiary alicyclic amines) is 1. The van der Waals surface area contributed by atoms with Crippen molar-refractivity contribution < 1.29 is 14.4 Å². The third-order valence-corrected chi connectivity index (χ3v) is 3.94. The van der Waals surface area contributed by atoms with Gasteiger partial charge in [-0.05, 0) is 19.3 Å². The summed E-state index contributed by atoms with van der Waals surface area (Å²) in [6.45, 7) is 22.3. The largest absolute Gasteiger partial charge is 0.299 e. The maximum Gasteiger partial charge on any atom is 0.232 e. The zero-order valence-corrected chi connectivity index (χ0v) is 20.3. The number of imide groups is 1. The van der Waals surface area contributed by atoms with E-state index in [-0.39, 0.29) is 23.7 Å². The Balaban J connectivity index is -0.000000292. The first-order valence-electron chi connectivity index (χ1n) is 11.3. The van der Waals surface area contributed by atoms with E-state index in [0.717, 1.165) is 25.7 Å². The van der Waals surface area contributed by atoms with E-state index in [2.05, 4.69) is 0 Å². The maximum absolute atomic E-state index is 11.7. The topological polar surface area (TPSA) is 54.5 Å². The standard InChI is InChI=1S/C15H25NO3.4C2H6/c1-4-11(2)13(17)8-6-5-7-9-16-14(18)10-12(3)15(16)19;4*1-2/h11-12H,4-10H2,1-3H3;4*1-2H3. The molecule has 0 bridgehead atoms. The minimum Gasteiger partial charge on any atom is -0.299 e. The Hall–Kier alpha value is -1.19. The van der Waals surface area contributed by atoms with Crippen molar-refractivity contribution in [1.82, 2.24) is 4.90 Å². The molecule has 2 amide bonds. The Morgan fingerprint density at radius 1 is 0.963 bits per heavy atom. The van der Waals surface area contributed by atoms with Gasteiger partial charge >= 0.3 is 0 Å². The number of unbranched alkanes of at least 4 members (excludes halogenated alkanes) is 2. The molecule has 1 aliphatic rings. The van der Waals surface area contributed by atoms with Gasteiger partial charge in [0.25, 0.3) is 0 Å². The molecule has 2 unspecified atom stereocenters. The van der Waals surface area contributed by atoms with Crippen LogP contribution in [0.5, 0.6) is 0 Å². The minimum atomic E-state index is -0.153. The van der Waals surface area contributed by atoms with Crippen LogP contribution in [0.25, 0.3) is 0 Å². The van der Waals surface area contributed by atoms with Crippen LogP contribution in [0, 0.1) is 11.8 Å². The Morgan fingerprint density at radius 3 is 1.81 bits per heavy atom. The molecule has 0 saturated carbocycles. The third-order valence-electron chi connectivity index (χ3n) is 3.94. The van der Waals surface area contributed by atoms with Crippen LogP contribution in [0.2, 0.25) is 0 Å². The first-order valence-corrected chi connectivity index (χ1v) is 11.3. The summed E-state index contributed by atoms with van der Waals surface area (Å²) in [6.07, 6.45) is 4.42. The van der Waals surface area contributed by atoms with E-state index < -0.39 is 0 Å². The molecule has 164 valence electrons. The van der Waals surface area contributed by atoms with Crippen LogP contribution >= 0.6 is 0 Å². The van der Waals surface area contributed by atoms with Crippen molar-refractivity contribution in [2.45, 2.75) is 115 Å². The number of ketones is 1. The van der Waals surface area contributed by atoms with Gasteiger partial charge in [-0.15, -0.1) is 0 Å². The smallest absolute Gasteiger partial charge is 0.232 e. The second kappa shape index (κ2) is 24.8. The number of rotatable bonds is 8. The van der Waals surface area contributed by atoms with Crippen molar-refractivity contribution >= 4 is 17.6 Å². The average Bonchev–Trinajstić information content (AvgIpc) is 2.98. The van der Waals surface area contributed by atoms with Crippen molar-refractivity contribution in [3.05, 3.63) is 0 Å². The molecule has 0 N–H and O–H groups in total. The van der Waals surface area contributed by atoms with Crippen LogP contribution in [-0.4, -0.2) is 29.0 Å². The molecule has 1 rings (SSSR count). The second-order valence-electron chi connectivity index (χ2n) is 5.58. The molecule has 27 heavy (non-hydrogen) atoms. The van der Waals surface area contributed by atoms with Gasteiger partial charge in [-0.1, -0.05) is 82.6 Å². The van der Waals surface area contributed by atoms with E-state index in [1.54, 1.807) is 6.92 Å². The summed E-state index contributed by atoms with van der Waals surface area (Å²) in [6, 6.07) is 0. The molecule has 1 heterocycles. The summed E-state index contributed by atoms with van der Waals surface area (Å²) in [5.74, 6) is 0.236. The van der Waals surface area contributed by atoms with Crippen LogP contribution in [0.4, 0.5) is 0 Å². The fraction of sp³-hybridized carbons (Fsp3) is 0.870. The summed E-state index contributed by atoms with van der Waals surface area (Å²) in [5.41, 5.74) is 0. The normalized spacial score (nSPS) is 15.7. The van der Waals surface area contributed by atoms with E-state index in [1.165, 1.54) is 4.90 Å². The van der Waals surface area contributed by atoms with Crippen molar-refractivity contribution in [3.8, 4) is 0 Å². The molecule has 0 aliphatic carbocycles. The van der Waals surface area contributed by atoms with Gasteiger partial charge in [0, 0.05) is 31.2 Å². The van der Waals surface area contributed by atoms with Crippen molar-refractivity contribution in [1.29, 1.82) is 0 Å². The van der Waals surface area contributed by atoms with E-state index >= 15 is 0 Å². The monoisotopic (exact) mass is 387 g/mol. The second-order valence-corrected chi connectivity index (χ2v) is 5.58. The van der Waals surface area contributed by atoms with Gasteiger partial charge in [0.05, 0.1) is 0 Å². The molecule has 0 aromatic heterocycles. The van der Waals surface area contributed by atoms with Gasteiger partial charge in [-0.25, -0.2) is 0 Å². The third kappa shape index (κ3) is 15.6. The number of carbonyl (C=O) groups is 3. The molecule has 2 atom stereocenters. The van der Waals surface area contributed by atoms with Gasteiger partial charge in [0.1, 0.15) is 5.78 Å². The molecule has 1 fully saturated rings. The Kier molecular flexibility index (Phi) is 30.7. The summed E-state index contributed by atoms with van der Waals surface area (Å²) < 4.78 is 0. The van der Waals surface area contributed by atoms with Crippen LogP contribution in [-0.2, 0) is 14.4 Å². The highest BCUT2D eigenvalue weighted by Gasteiger charge is 2.34. The van der Waals surface area contributed by atoms with Crippen LogP contribution in [0.1, 0.15) is 115 Å². The number of carbonyl (C=O) groups excluding carboxylic acids is 3. The summed E-state index contributed by atoms with van der Waals surface area (Å²) in [5, 5.41) is 0. The van der Waals surface area contributed by atoms with Gasteiger partial charge in [-0.2, -0.15) is 0 Å². The highest BCUT2D eigenvalue weighted by atomic mass is 16.2. The number of hydrogen-bond acceptors (Lipinski definition) is 3. The first-order chi connectivity index (χ1) is 13.0. The molecule has 0 aromatic rings. The minimum absolute atomic E-state index is 0.0410. The molecule has 1 saturated heterocycles. The maximum atomic E-state index is 11.7. The lowest BCUT2D eigenvalue weighted by molar-refractivity contribution is -0.139. The molecular weight excluding hydrogens is 338 g/mol. The van der Waals surface area contributed by atoms with E-state index in [4.69, 9.17) is 0 Å². The number of amides is 2. The van der Waals surface area contributed by atoms with Crippen molar-refractivity contribution in [2.24, 2.45) is 11.8 Å². The van der Waals surface area contributed by atoms with E-state index in [1.807, 2.05) is 69.2 Å². The van der Waals surface area contributed by atoms with E-state index in [9.17, 15) is 14.4 Å². The van der Waals surface area contributed by atoms with Gasteiger partial charge in [0.15, 0.2) is 0 Å². The zero-order valence-electron chi connectivity index (χ0n) is 20.3. The zero-order chi connectivity index (χ0) is 22.4. The van der Waals surface area contributed by atoms with Gasteiger partial charge in [0.2, 0.25) is 11.8 Å². The SMILES string of the molecule is CC.CC.CC.CC.CCC(C)C(=O)CCCCCN1C(=O)CC(C)C1=O. The summed E-state index contributed by atoms with van der Waals surface area (Å²) in [4.78, 5) is 36.2. The van der Waals surface area contributed by atoms with Crippen molar-refractivity contribution in [2.75, 3.05) is 6.54 Å². The predicted molar refractivity (Wildman–Crippen MR) is 119 cm³/mol. The van der Waals surface area contributed by atoms with Crippen LogP contribution in [0.15, 0.2) is 0 Å². The number of Topliss-reactive ketones (excluding diaryl/α,β-unsaturated/α-hetero) is 1.